The first kappa shape index (κ1) is 11.9. The molecule has 14 heavy (non-hydrogen) atoms. The van der Waals surface area contributed by atoms with Crippen LogP contribution in [0.3, 0.4) is 0 Å². The van der Waals surface area contributed by atoms with Crippen molar-refractivity contribution in [2.45, 2.75) is 44.8 Å². The zero-order chi connectivity index (χ0) is 10.6. The van der Waals surface area contributed by atoms with Gasteiger partial charge < -0.3 is 10.5 Å². The summed E-state index contributed by atoms with van der Waals surface area (Å²) in [5.41, 5.74) is 5.53. The Labute approximate surface area is 90.8 Å². The quantitative estimate of drug-likeness (QED) is 0.554. The third-order valence-corrected chi connectivity index (χ3v) is 3.19. The van der Waals surface area contributed by atoms with Gasteiger partial charge in [-0.15, -0.1) is 0 Å². The monoisotopic (exact) mass is 217 g/mol. The molecule has 0 bridgehead atoms. The van der Waals surface area contributed by atoms with Crippen LogP contribution in [-0.2, 0) is 9.53 Å². The van der Waals surface area contributed by atoms with Crippen LogP contribution in [0.2, 0.25) is 0 Å². The summed E-state index contributed by atoms with van der Waals surface area (Å²) >= 11 is 3.97. The Hall–Kier alpha value is -0.220. The molecule has 0 saturated heterocycles. The Kier molecular flexibility index (Phi) is 4.75. The van der Waals surface area contributed by atoms with Gasteiger partial charge in [0, 0.05) is 5.75 Å². The van der Waals surface area contributed by atoms with Crippen molar-refractivity contribution in [3.8, 4) is 0 Å². The Bertz CT molecular complexity index is 199. The normalized spacial score (nSPS) is 29.6. The molecular weight excluding hydrogens is 198 g/mol. The van der Waals surface area contributed by atoms with Crippen molar-refractivity contribution >= 4 is 18.6 Å². The van der Waals surface area contributed by atoms with Crippen molar-refractivity contribution in [2.75, 3.05) is 5.75 Å². The fourth-order valence-electron chi connectivity index (χ4n) is 1.77. The van der Waals surface area contributed by atoms with E-state index in [1.54, 1.807) is 0 Å². The molecule has 1 aliphatic carbocycles. The topological polar surface area (TPSA) is 52.3 Å². The fraction of sp³-hybridized carbons (Fsp3) is 0.900. The summed E-state index contributed by atoms with van der Waals surface area (Å²) in [6.45, 7) is 2.13. The smallest absolute Gasteiger partial charge is 0.324 e. The Morgan fingerprint density at radius 2 is 2.21 bits per heavy atom. The van der Waals surface area contributed by atoms with Gasteiger partial charge in [0.05, 0.1) is 0 Å². The highest BCUT2D eigenvalue weighted by molar-refractivity contribution is 7.80. The van der Waals surface area contributed by atoms with Gasteiger partial charge in [-0.05, 0) is 25.2 Å². The lowest BCUT2D eigenvalue weighted by Crippen LogP contribution is -2.38. The summed E-state index contributed by atoms with van der Waals surface area (Å²) in [6.07, 6.45) is 4.59. The van der Waals surface area contributed by atoms with E-state index in [0.717, 1.165) is 19.3 Å². The Balaban J connectivity index is 2.38. The molecule has 2 unspecified atom stereocenters. The molecule has 0 heterocycles. The summed E-state index contributed by atoms with van der Waals surface area (Å²) < 4.78 is 5.34. The first-order valence-corrected chi connectivity index (χ1v) is 5.85. The number of esters is 1. The van der Waals surface area contributed by atoms with Crippen LogP contribution in [0.5, 0.6) is 0 Å². The predicted molar refractivity (Wildman–Crippen MR) is 59.3 cm³/mol. The molecule has 82 valence electrons. The second-order valence-electron chi connectivity index (χ2n) is 4.03. The molecule has 3 nitrogen and oxygen atoms in total. The number of nitrogens with two attached hydrogens (primary N) is 1. The number of hydrogen-bond donors (Lipinski definition) is 2. The number of rotatable bonds is 3. The third kappa shape index (κ3) is 3.17. The minimum atomic E-state index is -0.576. The van der Waals surface area contributed by atoms with E-state index in [2.05, 4.69) is 19.6 Å². The second kappa shape index (κ2) is 5.61. The third-order valence-electron chi connectivity index (χ3n) is 2.80. The molecule has 1 saturated carbocycles. The zero-order valence-electron chi connectivity index (χ0n) is 8.61. The van der Waals surface area contributed by atoms with Gasteiger partial charge in [0.25, 0.3) is 0 Å². The summed E-state index contributed by atoms with van der Waals surface area (Å²) in [6, 6.07) is -0.576. The van der Waals surface area contributed by atoms with Crippen LogP contribution in [0.25, 0.3) is 0 Å². The lowest BCUT2D eigenvalue weighted by Gasteiger charge is -2.29. The lowest BCUT2D eigenvalue weighted by molar-refractivity contribution is -0.154. The molecule has 0 radical (unpaired) electrons. The van der Waals surface area contributed by atoms with Crippen molar-refractivity contribution < 1.29 is 9.53 Å². The summed E-state index contributed by atoms with van der Waals surface area (Å²) in [5.74, 6) is 0.512. The van der Waals surface area contributed by atoms with E-state index in [1.807, 2.05) is 0 Å². The first-order chi connectivity index (χ1) is 6.65. The molecule has 0 aliphatic heterocycles. The highest BCUT2D eigenvalue weighted by atomic mass is 32.1. The SMILES string of the molecule is CC1CCCCC1OC(=O)[C@@H](N)CS. The molecular formula is C10H19NO2S. The van der Waals surface area contributed by atoms with Crippen LogP contribution in [-0.4, -0.2) is 23.9 Å². The van der Waals surface area contributed by atoms with Gasteiger partial charge in [0.1, 0.15) is 12.1 Å². The second-order valence-corrected chi connectivity index (χ2v) is 4.39. The summed E-state index contributed by atoms with van der Waals surface area (Å²) in [5, 5.41) is 0. The van der Waals surface area contributed by atoms with Gasteiger partial charge in [-0.1, -0.05) is 13.3 Å². The maximum Gasteiger partial charge on any atom is 0.324 e. The molecule has 0 aromatic heterocycles. The van der Waals surface area contributed by atoms with E-state index >= 15 is 0 Å². The maximum absolute atomic E-state index is 11.4. The average molecular weight is 217 g/mol. The zero-order valence-corrected chi connectivity index (χ0v) is 9.50. The van der Waals surface area contributed by atoms with Crippen LogP contribution in [0.1, 0.15) is 32.6 Å². The minimum Gasteiger partial charge on any atom is -0.461 e. The molecule has 3 atom stereocenters. The maximum atomic E-state index is 11.4. The van der Waals surface area contributed by atoms with Gasteiger partial charge in [-0.2, -0.15) is 12.6 Å². The van der Waals surface area contributed by atoms with Gasteiger partial charge in [0.2, 0.25) is 0 Å². The molecule has 0 amide bonds. The van der Waals surface area contributed by atoms with Gasteiger partial charge in [-0.3, -0.25) is 4.79 Å². The van der Waals surface area contributed by atoms with Gasteiger partial charge in [-0.25, -0.2) is 0 Å². The van der Waals surface area contributed by atoms with E-state index in [9.17, 15) is 4.79 Å². The molecule has 0 aromatic carbocycles. The fourth-order valence-corrected chi connectivity index (χ4v) is 1.92. The number of thiol groups is 1. The summed E-state index contributed by atoms with van der Waals surface area (Å²) in [7, 11) is 0. The average Bonchev–Trinajstić information content (AvgIpc) is 2.20. The first-order valence-electron chi connectivity index (χ1n) is 5.22. The number of carbonyl (C=O) groups excluding carboxylic acids is 1. The van der Waals surface area contributed by atoms with E-state index in [-0.39, 0.29) is 12.1 Å². The molecule has 1 aliphatic rings. The van der Waals surface area contributed by atoms with Crippen molar-refractivity contribution in [1.82, 2.24) is 0 Å². The highest BCUT2D eigenvalue weighted by Crippen LogP contribution is 2.26. The van der Waals surface area contributed by atoms with Crippen LogP contribution in [0, 0.1) is 5.92 Å². The molecule has 1 fully saturated rings. The molecule has 1 rings (SSSR count). The van der Waals surface area contributed by atoms with Crippen LogP contribution in [0.15, 0.2) is 0 Å². The molecule has 0 spiro atoms. The standard InChI is InChI=1S/C10H19NO2S/c1-7-4-2-3-5-9(7)13-10(12)8(11)6-14/h7-9,14H,2-6,11H2,1H3/t7?,8-,9?/m0/s1. The van der Waals surface area contributed by atoms with E-state index in [0.29, 0.717) is 11.7 Å². The van der Waals surface area contributed by atoms with E-state index in [4.69, 9.17) is 10.5 Å². The molecule has 0 aromatic rings. The van der Waals surface area contributed by atoms with Crippen LogP contribution >= 0.6 is 12.6 Å². The molecule has 4 heteroatoms. The lowest BCUT2D eigenvalue weighted by atomic mass is 9.88. The predicted octanol–water partition coefficient (Wildman–Crippen LogP) is 1.37. The van der Waals surface area contributed by atoms with Crippen LogP contribution in [0.4, 0.5) is 0 Å². The van der Waals surface area contributed by atoms with Crippen molar-refractivity contribution in [3.05, 3.63) is 0 Å². The van der Waals surface area contributed by atoms with Crippen LogP contribution < -0.4 is 5.73 Å². The number of ether oxygens (including phenoxy) is 1. The Morgan fingerprint density at radius 1 is 1.57 bits per heavy atom. The number of carbonyl (C=O) groups is 1. The highest BCUT2D eigenvalue weighted by Gasteiger charge is 2.26. The minimum absolute atomic E-state index is 0.0715. The Morgan fingerprint density at radius 3 is 2.79 bits per heavy atom. The number of hydrogen-bond acceptors (Lipinski definition) is 4. The van der Waals surface area contributed by atoms with E-state index < -0.39 is 6.04 Å². The molecule has 2 N–H and O–H groups in total. The van der Waals surface area contributed by atoms with Crippen molar-refractivity contribution in [1.29, 1.82) is 0 Å². The van der Waals surface area contributed by atoms with Crippen molar-refractivity contribution in [2.24, 2.45) is 11.7 Å². The van der Waals surface area contributed by atoms with Gasteiger partial charge >= 0.3 is 5.97 Å². The van der Waals surface area contributed by atoms with E-state index in [1.165, 1.54) is 6.42 Å². The summed E-state index contributed by atoms with van der Waals surface area (Å²) in [4.78, 5) is 11.4. The van der Waals surface area contributed by atoms with Gasteiger partial charge in [0.15, 0.2) is 0 Å². The largest absolute Gasteiger partial charge is 0.461 e. The van der Waals surface area contributed by atoms with Crippen molar-refractivity contribution in [3.63, 3.8) is 0 Å².